The molecule has 0 fully saturated rings. The second kappa shape index (κ2) is 10.5. The SMILES string of the molecule is Cc1cc(NC(=O)c2cccs2)cc(C)c1Oc1ccc(O)c(NC(=O)c2ccc(C(C)(C)C)cc2)c1. The summed E-state index contributed by atoms with van der Waals surface area (Å²) in [5.41, 5.74) is 4.20. The van der Waals surface area contributed by atoms with Crippen LogP contribution in [0.15, 0.2) is 72.1 Å². The number of aromatic hydroxyl groups is 1. The smallest absolute Gasteiger partial charge is 0.265 e. The molecule has 0 saturated carbocycles. The maximum absolute atomic E-state index is 12.8. The number of phenols is 1. The third kappa shape index (κ3) is 6.19. The van der Waals surface area contributed by atoms with Crippen LogP contribution in [0.4, 0.5) is 11.4 Å². The van der Waals surface area contributed by atoms with Crippen LogP contribution in [0.1, 0.15) is 57.5 Å². The monoisotopic (exact) mass is 514 g/mol. The molecule has 0 unspecified atom stereocenters. The van der Waals surface area contributed by atoms with Crippen molar-refractivity contribution in [2.45, 2.75) is 40.0 Å². The summed E-state index contributed by atoms with van der Waals surface area (Å²) in [5, 5.41) is 17.9. The number of amides is 2. The molecule has 0 aliphatic carbocycles. The van der Waals surface area contributed by atoms with Crippen molar-refractivity contribution in [1.29, 1.82) is 0 Å². The van der Waals surface area contributed by atoms with Crippen LogP contribution in [0.2, 0.25) is 0 Å². The number of benzene rings is 3. The molecule has 0 aliphatic heterocycles. The second-order valence-electron chi connectivity index (χ2n) is 9.93. The second-order valence-corrected chi connectivity index (χ2v) is 10.9. The Labute approximate surface area is 220 Å². The van der Waals surface area contributed by atoms with Gasteiger partial charge in [0.05, 0.1) is 10.6 Å². The molecule has 0 saturated heterocycles. The first-order valence-corrected chi connectivity index (χ1v) is 12.8. The van der Waals surface area contributed by atoms with Gasteiger partial charge in [0.2, 0.25) is 0 Å². The van der Waals surface area contributed by atoms with E-state index in [1.165, 1.54) is 17.4 Å². The van der Waals surface area contributed by atoms with E-state index >= 15 is 0 Å². The van der Waals surface area contributed by atoms with Crippen molar-refractivity contribution in [2.75, 3.05) is 10.6 Å². The van der Waals surface area contributed by atoms with Gasteiger partial charge in [0, 0.05) is 17.3 Å². The van der Waals surface area contributed by atoms with E-state index < -0.39 is 0 Å². The van der Waals surface area contributed by atoms with Crippen molar-refractivity contribution < 1.29 is 19.4 Å². The highest BCUT2D eigenvalue weighted by Crippen LogP contribution is 2.35. The molecular weight excluding hydrogens is 484 g/mol. The minimum atomic E-state index is -0.328. The lowest BCUT2D eigenvalue weighted by atomic mass is 9.87. The number of phenolic OH excluding ortho intramolecular Hbond substituents is 1. The highest BCUT2D eigenvalue weighted by Gasteiger charge is 2.16. The summed E-state index contributed by atoms with van der Waals surface area (Å²) in [6.45, 7) is 10.1. The number of rotatable bonds is 6. The number of ether oxygens (including phenoxy) is 1. The summed E-state index contributed by atoms with van der Waals surface area (Å²) >= 11 is 1.38. The van der Waals surface area contributed by atoms with Crippen molar-refractivity contribution in [2.24, 2.45) is 0 Å². The van der Waals surface area contributed by atoms with Gasteiger partial charge in [0.15, 0.2) is 0 Å². The number of hydrogen-bond acceptors (Lipinski definition) is 5. The lowest BCUT2D eigenvalue weighted by Gasteiger charge is -2.19. The molecule has 0 bridgehead atoms. The molecule has 4 aromatic rings. The molecule has 37 heavy (non-hydrogen) atoms. The van der Waals surface area contributed by atoms with E-state index in [1.54, 1.807) is 30.3 Å². The van der Waals surface area contributed by atoms with E-state index in [1.807, 2.05) is 49.6 Å². The zero-order valence-electron chi connectivity index (χ0n) is 21.5. The van der Waals surface area contributed by atoms with E-state index in [-0.39, 0.29) is 28.7 Å². The van der Waals surface area contributed by atoms with Crippen LogP contribution in [0.25, 0.3) is 0 Å². The fraction of sp³-hybridized carbons (Fsp3) is 0.200. The molecule has 0 atom stereocenters. The highest BCUT2D eigenvalue weighted by atomic mass is 32.1. The molecule has 4 rings (SSSR count). The van der Waals surface area contributed by atoms with E-state index in [0.29, 0.717) is 27.6 Å². The van der Waals surface area contributed by atoms with Crippen LogP contribution in [0.5, 0.6) is 17.2 Å². The minimum Gasteiger partial charge on any atom is -0.506 e. The average molecular weight is 515 g/mol. The number of hydrogen-bond donors (Lipinski definition) is 3. The third-order valence-electron chi connectivity index (χ3n) is 5.91. The Balaban J connectivity index is 1.49. The molecule has 3 N–H and O–H groups in total. The lowest BCUT2D eigenvalue weighted by Crippen LogP contribution is -2.14. The van der Waals surface area contributed by atoms with Crippen LogP contribution < -0.4 is 15.4 Å². The number of anilines is 2. The summed E-state index contributed by atoms with van der Waals surface area (Å²) in [6.07, 6.45) is 0. The van der Waals surface area contributed by atoms with E-state index in [2.05, 4.69) is 31.4 Å². The van der Waals surface area contributed by atoms with Gasteiger partial charge < -0.3 is 20.5 Å². The Bertz CT molecular complexity index is 1410. The molecule has 0 spiro atoms. The lowest BCUT2D eigenvalue weighted by molar-refractivity contribution is 0.102. The van der Waals surface area contributed by atoms with Gasteiger partial charge in [-0.1, -0.05) is 39.0 Å². The Morgan fingerprint density at radius 3 is 2.14 bits per heavy atom. The van der Waals surface area contributed by atoms with Gasteiger partial charge in [-0.2, -0.15) is 0 Å². The largest absolute Gasteiger partial charge is 0.506 e. The Morgan fingerprint density at radius 2 is 1.54 bits per heavy atom. The quantitative estimate of drug-likeness (QED) is 0.230. The summed E-state index contributed by atoms with van der Waals surface area (Å²) in [5.74, 6) is 0.542. The molecule has 190 valence electrons. The maximum atomic E-state index is 12.8. The summed E-state index contributed by atoms with van der Waals surface area (Å²) in [4.78, 5) is 25.9. The molecule has 6 nitrogen and oxygen atoms in total. The topological polar surface area (TPSA) is 87.7 Å². The van der Waals surface area contributed by atoms with Crippen LogP contribution in [0.3, 0.4) is 0 Å². The molecule has 2 amide bonds. The third-order valence-corrected chi connectivity index (χ3v) is 6.78. The molecular formula is C30H30N2O4S. The standard InChI is InChI=1S/C30H30N2O4S/c1-18-15-22(31-29(35)26-7-6-14-37-26)16-19(2)27(18)36-23-12-13-25(33)24(17-23)32-28(34)20-8-10-21(11-9-20)30(3,4)5/h6-17,33H,1-5H3,(H,31,35)(H,32,34). The Hall–Kier alpha value is -4.10. The summed E-state index contributed by atoms with van der Waals surface area (Å²) < 4.78 is 6.14. The normalized spacial score (nSPS) is 11.2. The fourth-order valence-electron chi connectivity index (χ4n) is 3.90. The van der Waals surface area contributed by atoms with Crippen LogP contribution >= 0.6 is 11.3 Å². The first kappa shape index (κ1) is 26.0. The van der Waals surface area contributed by atoms with Crippen molar-refractivity contribution in [3.05, 3.63) is 99.2 Å². The first-order valence-electron chi connectivity index (χ1n) is 11.9. The molecule has 7 heteroatoms. The molecule has 1 heterocycles. The van der Waals surface area contributed by atoms with E-state index in [9.17, 15) is 14.7 Å². The molecule has 3 aromatic carbocycles. The van der Waals surface area contributed by atoms with E-state index in [4.69, 9.17) is 4.74 Å². The number of carbonyl (C=O) groups excluding carboxylic acids is 2. The number of thiophene rings is 1. The highest BCUT2D eigenvalue weighted by molar-refractivity contribution is 7.12. The number of aryl methyl sites for hydroxylation is 2. The van der Waals surface area contributed by atoms with Gasteiger partial charge >= 0.3 is 0 Å². The van der Waals surface area contributed by atoms with Crippen molar-refractivity contribution in [1.82, 2.24) is 0 Å². The average Bonchev–Trinajstić information content (AvgIpc) is 3.38. The minimum absolute atomic E-state index is 0.0108. The number of carbonyl (C=O) groups is 2. The maximum Gasteiger partial charge on any atom is 0.265 e. The Kier molecular flexibility index (Phi) is 7.36. The van der Waals surface area contributed by atoms with Crippen LogP contribution in [-0.4, -0.2) is 16.9 Å². The first-order chi connectivity index (χ1) is 17.5. The van der Waals surface area contributed by atoms with Crippen LogP contribution in [0, 0.1) is 13.8 Å². The van der Waals surface area contributed by atoms with Crippen molar-refractivity contribution in [3.8, 4) is 17.2 Å². The predicted molar refractivity (Wildman–Crippen MR) is 149 cm³/mol. The van der Waals surface area contributed by atoms with E-state index in [0.717, 1.165) is 16.7 Å². The van der Waals surface area contributed by atoms with Gasteiger partial charge in [0.25, 0.3) is 11.8 Å². The zero-order valence-corrected chi connectivity index (χ0v) is 22.3. The molecule has 0 aliphatic rings. The van der Waals surface area contributed by atoms with Crippen molar-refractivity contribution in [3.63, 3.8) is 0 Å². The summed E-state index contributed by atoms with van der Waals surface area (Å²) in [7, 11) is 0. The molecule has 0 radical (unpaired) electrons. The van der Waals surface area contributed by atoms with Gasteiger partial charge in [-0.15, -0.1) is 11.3 Å². The molecule has 1 aromatic heterocycles. The van der Waals surface area contributed by atoms with Crippen LogP contribution in [-0.2, 0) is 5.41 Å². The van der Waals surface area contributed by atoms with Crippen molar-refractivity contribution >= 4 is 34.5 Å². The Morgan fingerprint density at radius 1 is 0.865 bits per heavy atom. The number of nitrogens with one attached hydrogen (secondary N) is 2. The zero-order chi connectivity index (χ0) is 26.7. The van der Waals surface area contributed by atoms with Gasteiger partial charge in [-0.25, -0.2) is 0 Å². The van der Waals surface area contributed by atoms with Gasteiger partial charge in [0.1, 0.15) is 17.2 Å². The summed E-state index contributed by atoms with van der Waals surface area (Å²) in [6, 6.07) is 19.4. The van der Waals surface area contributed by atoms with Gasteiger partial charge in [-0.3, -0.25) is 9.59 Å². The predicted octanol–water partition coefficient (Wildman–Crippen LogP) is 7.66. The van der Waals surface area contributed by atoms with Gasteiger partial charge in [-0.05, 0) is 83.8 Å². The fourth-order valence-corrected chi connectivity index (χ4v) is 4.52.